The zero-order valence-corrected chi connectivity index (χ0v) is 13.1. The standard InChI is InChI=1S/C15H15N3O4S/c1-22-12-7-10(4-5-11(12)19)8-17-18-14(20)9-16-15(21)13-3-2-6-23-13/h2-8,19H,9H2,1H3,(H,16,21)(H,18,20). The second kappa shape index (κ2) is 7.95. The Morgan fingerprint density at radius 2 is 2.22 bits per heavy atom. The highest BCUT2D eigenvalue weighted by molar-refractivity contribution is 7.12. The van der Waals surface area contributed by atoms with E-state index < -0.39 is 5.91 Å². The van der Waals surface area contributed by atoms with Crippen molar-refractivity contribution in [3.05, 3.63) is 46.2 Å². The van der Waals surface area contributed by atoms with Crippen molar-refractivity contribution in [1.29, 1.82) is 0 Å². The summed E-state index contributed by atoms with van der Waals surface area (Å²) in [5.74, 6) is -0.423. The number of hydrazone groups is 1. The van der Waals surface area contributed by atoms with Gasteiger partial charge >= 0.3 is 0 Å². The zero-order chi connectivity index (χ0) is 16.7. The van der Waals surface area contributed by atoms with E-state index in [1.807, 2.05) is 0 Å². The molecule has 120 valence electrons. The van der Waals surface area contributed by atoms with E-state index in [1.54, 1.807) is 29.6 Å². The predicted molar refractivity (Wildman–Crippen MR) is 87.0 cm³/mol. The first-order valence-corrected chi connectivity index (χ1v) is 7.48. The average molecular weight is 333 g/mol. The summed E-state index contributed by atoms with van der Waals surface area (Å²) in [5, 5.41) is 17.5. The highest BCUT2D eigenvalue weighted by Gasteiger charge is 2.08. The molecule has 0 atom stereocenters. The third-order valence-corrected chi connectivity index (χ3v) is 3.63. The molecular formula is C15H15N3O4S. The van der Waals surface area contributed by atoms with Crippen LogP contribution in [0.15, 0.2) is 40.8 Å². The Balaban J connectivity index is 1.81. The summed E-state index contributed by atoms with van der Waals surface area (Å²) >= 11 is 1.30. The lowest BCUT2D eigenvalue weighted by Gasteiger charge is -2.04. The van der Waals surface area contributed by atoms with Crippen molar-refractivity contribution in [2.45, 2.75) is 0 Å². The molecule has 0 bridgehead atoms. The van der Waals surface area contributed by atoms with Crippen molar-refractivity contribution in [3.63, 3.8) is 0 Å². The lowest BCUT2D eigenvalue weighted by Crippen LogP contribution is -2.34. The van der Waals surface area contributed by atoms with Crippen molar-refractivity contribution in [2.75, 3.05) is 13.7 Å². The van der Waals surface area contributed by atoms with Gasteiger partial charge in [-0.05, 0) is 35.2 Å². The van der Waals surface area contributed by atoms with E-state index in [1.165, 1.54) is 30.7 Å². The average Bonchev–Trinajstić information content (AvgIpc) is 3.08. The molecule has 0 fully saturated rings. The van der Waals surface area contributed by atoms with Crippen molar-refractivity contribution in [1.82, 2.24) is 10.7 Å². The second-order valence-electron chi connectivity index (χ2n) is 4.38. The molecule has 7 nitrogen and oxygen atoms in total. The van der Waals surface area contributed by atoms with Gasteiger partial charge in [-0.2, -0.15) is 5.10 Å². The summed E-state index contributed by atoms with van der Waals surface area (Å²) in [6.07, 6.45) is 1.40. The molecule has 0 unspecified atom stereocenters. The van der Waals surface area contributed by atoms with Gasteiger partial charge in [0.25, 0.3) is 11.8 Å². The Kier molecular flexibility index (Phi) is 5.70. The monoisotopic (exact) mass is 333 g/mol. The Morgan fingerprint density at radius 3 is 2.91 bits per heavy atom. The third kappa shape index (κ3) is 4.82. The fraction of sp³-hybridized carbons (Fsp3) is 0.133. The smallest absolute Gasteiger partial charge is 0.261 e. The van der Waals surface area contributed by atoms with Crippen LogP contribution in [0.1, 0.15) is 15.2 Å². The molecule has 1 aromatic heterocycles. The van der Waals surface area contributed by atoms with E-state index in [-0.39, 0.29) is 18.2 Å². The fourth-order valence-electron chi connectivity index (χ4n) is 1.65. The van der Waals surface area contributed by atoms with E-state index >= 15 is 0 Å². The third-order valence-electron chi connectivity index (χ3n) is 2.76. The number of phenols is 1. The largest absolute Gasteiger partial charge is 0.504 e. The van der Waals surface area contributed by atoms with E-state index in [2.05, 4.69) is 15.8 Å². The van der Waals surface area contributed by atoms with Crippen molar-refractivity contribution < 1.29 is 19.4 Å². The maximum Gasteiger partial charge on any atom is 0.261 e. The number of phenolic OH excluding ortho intramolecular Hbond substituents is 1. The zero-order valence-electron chi connectivity index (χ0n) is 12.3. The summed E-state index contributed by atoms with van der Waals surface area (Å²) in [4.78, 5) is 23.8. The topological polar surface area (TPSA) is 100 Å². The molecule has 0 saturated heterocycles. The molecular weight excluding hydrogens is 318 g/mol. The van der Waals surface area contributed by atoms with Crippen molar-refractivity contribution in [3.8, 4) is 11.5 Å². The van der Waals surface area contributed by atoms with Crippen LogP contribution in [0.5, 0.6) is 11.5 Å². The first-order chi connectivity index (χ1) is 11.1. The number of ether oxygens (including phenoxy) is 1. The normalized spacial score (nSPS) is 10.5. The number of methoxy groups -OCH3 is 1. The van der Waals surface area contributed by atoms with Crippen LogP contribution < -0.4 is 15.5 Å². The molecule has 8 heteroatoms. The van der Waals surface area contributed by atoms with Crippen LogP contribution in [0.25, 0.3) is 0 Å². The molecule has 2 aromatic rings. The van der Waals surface area contributed by atoms with E-state index in [0.717, 1.165) is 0 Å². The van der Waals surface area contributed by atoms with Gasteiger partial charge in [-0.1, -0.05) is 6.07 Å². The van der Waals surface area contributed by atoms with Gasteiger partial charge in [-0.25, -0.2) is 5.43 Å². The minimum absolute atomic E-state index is 0.0185. The van der Waals surface area contributed by atoms with Crippen molar-refractivity contribution in [2.24, 2.45) is 5.10 Å². The van der Waals surface area contributed by atoms with E-state index in [9.17, 15) is 14.7 Å². The maximum atomic E-state index is 11.7. The summed E-state index contributed by atoms with van der Waals surface area (Å²) in [6.45, 7) is -0.174. The second-order valence-corrected chi connectivity index (χ2v) is 5.33. The number of hydrogen-bond donors (Lipinski definition) is 3. The minimum atomic E-state index is -0.447. The van der Waals surface area contributed by atoms with Gasteiger partial charge in [0.1, 0.15) is 0 Å². The quantitative estimate of drug-likeness (QED) is 0.549. The van der Waals surface area contributed by atoms with Crippen LogP contribution in [0.4, 0.5) is 0 Å². The molecule has 1 heterocycles. The molecule has 0 saturated carbocycles. The van der Waals surface area contributed by atoms with E-state index in [4.69, 9.17) is 4.74 Å². The number of rotatable bonds is 6. The minimum Gasteiger partial charge on any atom is -0.504 e. The van der Waals surface area contributed by atoms with Crippen LogP contribution in [0, 0.1) is 0 Å². The summed E-state index contributed by atoms with van der Waals surface area (Å²) < 4.78 is 4.97. The van der Waals surface area contributed by atoms with Crippen LogP contribution >= 0.6 is 11.3 Å². The first-order valence-electron chi connectivity index (χ1n) is 6.61. The number of carbonyl (C=O) groups excluding carboxylic acids is 2. The lowest BCUT2D eigenvalue weighted by atomic mass is 10.2. The number of benzene rings is 1. The predicted octanol–water partition coefficient (Wildman–Crippen LogP) is 1.34. The Labute approximate surface area is 136 Å². The molecule has 1 aromatic carbocycles. The van der Waals surface area contributed by atoms with Gasteiger partial charge in [-0.3, -0.25) is 9.59 Å². The van der Waals surface area contributed by atoms with Gasteiger partial charge in [0.15, 0.2) is 11.5 Å². The molecule has 2 amide bonds. The summed E-state index contributed by atoms with van der Waals surface area (Å²) in [5.41, 5.74) is 2.94. The first kappa shape index (κ1) is 16.5. The number of aromatic hydroxyl groups is 1. The van der Waals surface area contributed by atoms with Gasteiger partial charge in [0.2, 0.25) is 0 Å². The molecule has 23 heavy (non-hydrogen) atoms. The number of amides is 2. The SMILES string of the molecule is COc1cc(C=NNC(=O)CNC(=O)c2cccs2)ccc1O. The van der Waals surface area contributed by atoms with Crippen LogP contribution in [-0.2, 0) is 4.79 Å². The van der Waals surface area contributed by atoms with Gasteiger partial charge in [0, 0.05) is 0 Å². The molecule has 0 radical (unpaired) electrons. The number of nitrogens with one attached hydrogen (secondary N) is 2. The number of thiophene rings is 1. The van der Waals surface area contributed by atoms with E-state index in [0.29, 0.717) is 16.2 Å². The van der Waals surface area contributed by atoms with Gasteiger partial charge < -0.3 is 15.2 Å². The highest BCUT2D eigenvalue weighted by atomic mass is 32.1. The molecule has 0 spiro atoms. The maximum absolute atomic E-state index is 11.7. The number of hydrogen-bond acceptors (Lipinski definition) is 6. The van der Waals surface area contributed by atoms with Crippen LogP contribution in [0.2, 0.25) is 0 Å². The molecule has 0 aliphatic carbocycles. The molecule has 2 rings (SSSR count). The Hall–Kier alpha value is -2.87. The van der Waals surface area contributed by atoms with Crippen LogP contribution in [-0.4, -0.2) is 36.8 Å². The molecule has 0 aliphatic heterocycles. The Morgan fingerprint density at radius 1 is 1.39 bits per heavy atom. The Bertz CT molecular complexity index is 714. The highest BCUT2D eigenvalue weighted by Crippen LogP contribution is 2.25. The van der Waals surface area contributed by atoms with Crippen LogP contribution in [0.3, 0.4) is 0 Å². The van der Waals surface area contributed by atoms with Crippen molar-refractivity contribution >= 4 is 29.4 Å². The lowest BCUT2D eigenvalue weighted by molar-refractivity contribution is -0.120. The number of nitrogens with zero attached hydrogens (tertiary/aromatic N) is 1. The summed E-state index contributed by atoms with van der Waals surface area (Å²) in [6, 6.07) is 8.09. The molecule has 3 N–H and O–H groups in total. The van der Waals surface area contributed by atoms with Gasteiger partial charge in [0.05, 0.1) is 24.7 Å². The summed E-state index contributed by atoms with van der Waals surface area (Å²) in [7, 11) is 1.44. The number of carbonyl (C=O) groups is 2. The fourth-order valence-corrected chi connectivity index (χ4v) is 2.29. The van der Waals surface area contributed by atoms with Gasteiger partial charge in [-0.15, -0.1) is 11.3 Å². The molecule has 0 aliphatic rings.